The van der Waals surface area contributed by atoms with Gasteiger partial charge in [0.1, 0.15) is 13.2 Å². The molecule has 19 heavy (non-hydrogen) atoms. The molecule has 4 nitrogen and oxygen atoms in total. The molecule has 0 fully saturated rings. The first-order valence-electron chi connectivity index (χ1n) is 6.37. The summed E-state index contributed by atoms with van der Waals surface area (Å²) in [6.45, 7) is 5.04. The quantitative estimate of drug-likeness (QED) is 0.865. The Kier molecular flexibility index (Phi) is 4.34. The predicted octanol–water partition coefficient (Wildman–Crippen LogP) is 2.75. The van der Waals surface area contributed by atoms with E-state index in [-0.39, 0.29) is 11.4 Å². The summed E-state index contributed by atoms with van der Waals surface area (Å²) in [5.41, 5.74) is 0.257. The maximum atomic E-state index is 12.4. The Balaban J connectivity index is 2.25. The summed E-state index contributed by atoms with van der Waals surface area (Å²) in [4.78, 5) is 12.4. The average Bonchev–Trinajstić information content (AvgIpc) is 2.46. The number of carbonyl (C=O) groups is 1. The van der Waals surface area contributed by atoms with Crippen molar-refractivity contribution < 1.29 is 14.3 Å². The topological polar surface area (TPSA) is 47.6 Å². The molecule has 1 aliphatic heterocycles. The molecule has 1 atom stereocenters. The van der Waals surface area contributed by atoms with E-state index in [0.29, 0.717) is 35.6 Å². The van der Waals surface area contributed by atoms with Crippen LogP contribution in [0, 0.1) is 0 Å². The van der Waals surface area contributed by atoms with Crippen LogP contribution in [-0.4, -0.2) is 30.0 Å². The monoisotopic (exact) mass is 327 g/mol. The van der Waals surface area contributed by atoms with E-state index in [0.717, 1.165) is 6.42 Å². The maximum absolute atomic E-state index is 12.4. The van der Waals surface area contributed by atoms with Crippen molar-refractivity contribution >= 4 is 21.8 Å². The summed E-state index contributed by atoms with van der Waals surface area (Å²) < 4.78 is 11.0. The summed E-state index contributed by atoms with van der Waals surface area (Å²) in [5.74, 6) is 1.04. The summed E-state index contributed by atoms with van der Waals surface area (Å²) in [5, 5.41) is 3.74. The van der Waals surface area contributed by atoms with E-state index in [1.807, 2.05) is 19.9 Å². The zero-order valence-electron chi connectivity index (χ0n) is 11.2. The van der Waals surface area contributed by atoms with Crippen LogP contribution in [0.3, 0.4) is 0 Å². The zero-order valence-corrected chi connectivity index (χ0v) is 12.7. The molecule has 0 bridgehead atoms. The molecule has 1 unspecified atom stereocenters. The largest absolute Gasteiger partial charge is 0.486 e. The summed E-state index contributed by atoms with van der Waals surface area (Å²) in [6, 6.07) is 5.38. The number of ether oxygens (including phenoxy) is 2. The Morgan fingerprint density at radius 1 is 1.42 bits per heavy atom. The minimum atomic E-state index is -0.269. The number of hydrogen-bond acceptors (Lipinski definition) is 3. The van der Waals surface area contributed by atoms with Gasteiger partial charge in [-0.05, 0) is 25.5 Å². The Morgan fingerprint density at radius 2 is 2.16 bits per heavy atom. The van der Waals surface area contributed by atoms with Crippen LogP contribution in [0.4, 0.5) is 0 Å². The van der Waals surface area contributed by atoms with Gasteiger partial charge in [-0.25, -0.2) is 0 Å². The summed E-state index contributed by atoms with van der Waals surface area (Å²) >= 11 is 3.44. The molecule has 1 amide bonds. The molecule has 104 valence electrons. The average molecular weight is 328 g/mol. The standard InChI is InChI=1S/C14H18BrNO3/c1-3-14(2,9-15)16-13(17)10-5-4-6-11-12(10)19-8-7-18-11/h4-6H,3,7-9H2,1-2H3,(H,16,17). The molecule has 0 radical (unpaired) electrons. The lowest BCUT2D eigenvalue weighted by atomic mass is 10.0. The van der Waals surface area contributed by atoms with Crippen LogP contribution in [-0.2, 0) is 0 Å². The van der Waals surface area contributed by atoms with E-state index in [9.17, 15) is 4.79 Å². The van der Waals surface area contributed by atoms with E-state index in [1.54, 1.807) is 12.1 Å². The van der Waals surface area contributed by atoms with Gasteiger partial charge in [-0.2, -0.15) is 0 Å². The molecule has 2 rings (SSSR count). The van der Waals surface area contributed by atoms with Gasteiger partial charge in [-0.1, -0.05) is 28.9 Å². The number of rotatable bonds is 4. The Labute approximate surface area is 121 Å². The number of hydrogen-bond donors (Lipinski definition) is 1. The van der Waals surface area contributed by atoms with Crippen LogP contribution >= 0.6 is 15.9 Å². The number of alkyl halides is 1. The van der Waals surface area contributed by atoms with Crippen molar-refractivity contribution in [1.29, 1.82) is 0 Å². The number of carbonyl (C=O) groups excluding carboxylic acids is 1. The molecule has 5 heteroatoms. The third-order valence-corrected chi connectivity index (χ3v) is 4.54. The Bertz CT molecular complexity index is 472. The second-order valence-electron chi connectivity index (χ2n) is 4.83. The van der Waals surface area contributed by atoms with E-state index in [4.69, 9.17) is 9.47 Å². The van der Waals surface area contributed by atoms with Crippen molar-refractivity contribution in [2.75, 3.05) is 18.5 Å². The highest BCUT2D eigenvalue weighted by atomic mass is 79.9. The Hall–Kier alpha value is -1.23. The van der Waals surface area contributed by atoms with Gasteiger partial charge < -0.3 is 14.8 Å². The van der Waals surface area contributed by atoms with Gasteiger partial charge in [0, 0.05) is 10.9 Å². The first-order chi connectivity index (χ1) is 9.09. The van der Waals surface area contributed by atoms with Crippen LogP contribution in [0.15, 0.2) is 18.2 Å². The number of nitrogens with one attached hydrogen (secondary N) is 1. The van der Waals surface area contributed by atoms with Gasteiger partial charge in [0.05, 0.1) is 5.56 Å². The van der Waals surface area contributed by atoms with Gasteiger partial charge in [-0.3, -0.25) is 4.79 Å². The second-order valence-corrected chi connectivity index (χ2v) is 5.39. The minimum Gasteiger partial charge on any atom is -0.486 e. The van der Waals surface area contributed by atoms with Crippen molar-refractivity contribution in [2.24, 2.45) is 0 Å². The van der Waals surface area contributed by atoms with Crippen molar-refractivity contribution in [2.45, 2.75) is 25.8 Å². The predicted molar refractivity (Wildman–Crippen MR) is 77.4 cm³/mol. The number of para-hydroxylation sites is 1. The van der Waals surface area contributed by atoms with Crippen molar-refractivity contribution in [3.05, 3.63) is 23.8 Å². The first kappa shape index (κ1) is 14.2. The fourth-order valence-electron chi connectivity index (χ4n) is 1.81. The molecule has 0 saturated heterocycles. The maximum Gasteiger partial charge on any atom is 0.255 e. The highest BCUT2D eigenvalue weighted by Crippen LogP contribution is 2.33. The van der Waals surface area contributed by atoms with E-state index >= 15 is 0 Å². The van der Waals surface area contributed by atoms with E-state index < -0.39 is 0 Å². The third-order valence-electron chi connectivity index (χ3n) is 3.30. The van der Waals surface area contributed by atoms with Gasteiger partial charge >= 0.3 is 0 Å². The smallest absolute Gasteiger partial charge is 0.255 e. The fourth-order valence-corrected chi connectivity index (χ4v) is 2.35. The number of halogens is 1. The first-order valence-corrected chi connectivity index (χ1v) is 7.49. The minimum absolute atomic E-state index is 0.133. The number of amides is 1. The van der Waals surface area contributed by atoms with Crippen molar-refractivity contribution in [3.63, 3.8) is 0 Å². The van der Waals surface area contributed by atoms with Crippen LogP contribution in [0.1, 0.15) is 30.6 Å². The lowest BCUT2D eigenvalue weighted by Gasteiger charge is -2.28. The molecule has 1 aromatic carbocycles. The van der Waals surface area contributed by atoms with Gasteiger partial charge in [0.25, 0.3) is 5.91 Å². The Morgan fingerprint density at radius 3 is 2.84 bits per heavy atom. The molecule has 0 saturated carbocycles. The molecular weight excluding hydrogens is 310 g/mol. The highest BCUT2D eigenvalue weighted by Gasteiger charge is 2.27. The van der Waals surface area contributed by atoms with Gasteiger partial charge in [-0.15, -0.1) is 0 Å². The molecule has 0 spiro atoms. The SMILES string of the molecule is CCC(C)(CBr)NC(=O)c1cccc2c1OCCO2. The lowest BCUT2D eigenvalue weighted by molar-refractivity contribution is 0.0902. The molecule has 1 aromatic rings. The summed E-state index contributed by atoms with van der Waals surface area (Å²) in [6.07, 6.45) is 0.844. The molecule has 0 aromatic heterocycles. The van der Waals surface area contributed by atoms with E-state index in [2.05, 4.69) is 21.2 Å². The number of benzene rings is 1. The molecule has 0 aliphatic carbocycles. The molecule has 1 heterocycles. The van der Waals surface area contributed by atoms with Crippen LogP contribution in [0.25, 0.3) is 0 Å². The van der Waals surface area contributed by atoms with Crippen molar-refractivity contribution in [3.8, 4) is 11.5 Å². The van der Waals surface area contributed by atoms with Crippen LogP contribution < -0.4 is 14.8 Å². The van der Waals surface area contributed by atoms with Gasteiger partial charge in [0.2, 0.25) is 0 Å². The number of fused-ring (bicyclic) bond motifs is 1. The van der Waals surface area contributed by atoms with Crippen LogP contribution in [0.5, 0.6) is 11.5 Å². The molecule has 1 N–H and O–H groups in total. The molecule has 1 aliphatic rings. The summed E-state index contributed by atoms with van der Waals surface area (Å²) in [7, 11) is 0. The third kappa shape index (κ3) is 3.03. The second kappa shape index (κ2) is 5.82. The highest BCUT2D eigenvalue weighted by molar-refractivity contribution is 9.09. The normalized spacial score (nSPS) is 16.6. The molecular formula is C14H18BrNO3. The lowest BCUT2D eigenvalue weighted by Crippen LogP contribution is -2.47. The van der Waals surface area contributed by atoms with Crippen LogP contribution in [0.2, 0.25) is 0 Å². The van der Waals surface area contributed by atoms with E-state index in [1.165, 1.54) is 0 Å². The fraction of sp³-hybridized carbons (Fsp3) is 0.500. The van der Waals surface area contributed by atoms with Crippen molar-refractivity contribution in [1.82, 2.24) is 5.32 Å². The zero-order chi connectivity index (χ0) is 13.9. The van der Waals surface area contributed by atoms with Gasteiger partial charge in [0.15, 0.2) is 11.5 Å².